The van der Waals surface area contributed by atoms with Crippen LogP contribution in [0.1, 0.15) is 46.5 Å². The van der Waals surface area contributed by atoms with Gasteiger partial charge in [0.05, 0.1) is 0 Å². The van der Waals surface area contributed by atoms with Gasteiger partial charge < -0.3 is 0 Å². The quantitative estimate of drug-likeness (QED) is 0.610. The van der Waals surface area contributed by atoms with Crippen LogP contribution >= 0.6 is 0 Å². The summed E-state index contributed by atoms with van der Waals surface area (Å²) >= 11 is 0. The molecule has 88 valence electrons. The van der Waals surface area contributed by atoms with Gasteiger partial charge in [0.2, 0.25) is 0 Å². The highest BCUT2D eigenvalue weighted by Crippen LogP contribution is 2.52. The Bertz CT molecular complexity index is 364. The second-order valence-corrected chi connectivity index (χ2v) is 5.87. The summed E-state index contributed by atoms with van der Waals surface area (Å²) in [5.41, 5.74) is 2.69. The predicted octanol–water partition coefficient (Wildman–Crippen LogP) is 3.90. The lowest BCUT2D eigenvalue weighted by atomic mass is 9.57. The second kappa shape index (κ2) is 3.87. The molecule has 0 saturated heterocycles. The number of hydrogen-bond acceptors (Lipinski definition) is 1. The van der Waals surface area contributed by atoms with Gasteiger partial charge in [-0.05, 0) is 37.5 Å². The molecule has 1 nitrogen and oxygen atoms in total. The van der Waals surface area contributed by atoms with Crippen molar-refractivity contribution in [3.05, 3.63) is 23.8 Å². The fourth-order valence-electron chi connectivity index (χ4n) is 3.28. The maximum Gasteiger partial charge on any atom is 0.144 e. The summed E-state index contributed by atoms with van der Waals surface area (Å²) in [6, 6.07) is 0. The van der Waals surface area contributed by atoms with Gasteiger partial charge in [-0.25, -0.2) is 0 Å². The highest BCUT2D eigenvalue weighted by molar-refractivity contribution is 5.87. The van der Waals surface area contributed by atoms with Crippen LogP contribution in [-0.4, -0.2) is 5.78 Å². The maximum absolute atomic E-state index is 12.0. The van der Waals surface area contributed by atoms with Gasteiger partial charge in [0.1, 0.15) is 5.78 Å². The van der Waals surface area contributed by atoms with Crippen molar-refractivity contribution in [3.63, 3.8) is 0 Å². The molecule has 0 N–H and O–H groups in total. The Morgan fingerprint density at radius 3 is 2.88 bits per heavy atom. The summed E-state index contributed by atoms with van der Waals surface area (Å²) in [6.07, 6.45) is 6.37. The van der Waals surface area contributed by atoms with E-state index in [1.807, 2.05) is 6.92 Å². The third kappa shape index (κ3) is 1.66. The van der Waals surface area contributed by atoms with Crippen LogP contribution in [0.5, 0.6) is 0 Å². The van der Waals surface area contributed by atoms with E-state index >= 15 is 0 Å². The van der Waals surface area contributed by atoms with E-state index in [1.165, 1.54) is 12.0 Å². The average Bonchev–Trinajstić information content (AvgIpc) is 2.20. The Balaban J connectivity index is 2.33. The number of fused-ring (bicyclic) bond motifs is 1. The lowest BCUT2D eigenvalue weighted by Gasteiger charge is -2.46. The second-order valence-electron chi connectivity index (χ2n) is 5.87. The molecule has 0 aromatic rings. The van der Waals surface area contributed by atoms with Crippen molar-refractivity contribution in [2.45, 2.75) is 46.5 Å². The zero-order chi connectivity index (χ0) is 11.9. The van der Waals surface area contributed by atoms with E-state index in [2.05, 4.69) is 26.5 Å². The van der Waals surface area contributed by atoms with Crippen LogP contribution in [0.2, 0.25) is 0 Å². The molecule has 0 aliphatic heterocycles. The summed E-state index contributed by atoms with van der Waals surface area (Å²) < 4.78 is 0. The lowest BCUT2D eigenvalue weighted by Crippen LogP contribution is -2.40. The van der Waals surface area contributed by atoms with Crippen molar-refractivity contribution in [2.75, 3.05) is 0 Å². The van der Waals surface area contributed by atoms with E-state index in [9.17, 15) is 4.79 Å². The fraction of sp³-hybridized carbons (Fsp3) is 0.667. The summed E-state index contributed by atoms with van der Waals surface area (Å²) in [5, 5.41) is 0. The Labute approximate surface area is 98.6 Å². The largest absolute Gasteiger partial charge is 0.299 e. The number of ketones is 1. The monoisotopic (exact) mass is 218 g/mol. The van der Waals surface area contributed by atoms with Crippen molar-refractivity contribution in [2.24, 2.45) is 17.3 Å². The first-order valence-corrected chi connectivity index (χ1v) is 6.33. The molecule has 0 radical (unpaired) electrons. The molecule has 3 unspecified atom stereocenters. The summed E-state index contributed by atoms with van der Waals surface area (Å²) in [4.78, 5) is 12.0. The van der Waals surface area contributed by atoms with E-state index in [4.69, 9.17) is 0 Å². The maximum atomic E-state index is 12.0. The van der Waals surface area contributed by atoms with Crippen LogP contribution in [-0.2, 0) is 4.79 Å². The number of rotatable bonds is 1. The number of allylic oxidation sites excluding steroid dienone is 3. The van der Waals surface area contributed by atoms with Gasteiger partial charge >= 0.3 is 0 Å². The first-order chi connectivity index (χ1) is 7.45. The Hall–Kier alpha value is -0.850. The molecular formula is C15H22O. The molecular weight excluding hydrogens is 196 g/mol. The Morgan fingerprint density at radius 1 is 1.56 bits per heavy atom. The third-order valence-electron chi connectivity index (χ3n) is 4.79. The van der Waals surface area contributed by atoms with E-state index in [-0.39, 0.29) is 11.3 Å². The first kappa shape index (κ1) is 11.6. The molecule has 0 aromatic heterocycles. The van der Waals surface area contributed by atoms with E-state index in [0.29, 0.717) is 18.1 Å². The smallest absolute Gasteiger partial charge is 0.144 e. The summed E-state index contributed by atoms with van der Waals surface area (Å²) in [7, 11) is 0. The minimum absolute atomic E-state index is 0.0997. The molecule has 1 fully saturated rings. The molecule has 0 bridgehead atoms. The van der Waals surface area contributed by atoms with Crippen molar-refractivity contribution >= 4 is 5.78 Å². The highest BCUT2D eigenvalue weighted by atomic mass is 16.1. The van der Waals surface area contributed by atoms with Gasteiger partial charge in [-0.15, -0.1) is 0 Å². The van der Waals surface area contributed by atoms with Crippen molar-refractivity contribution in [3.8, 4) is 0 Å². The third-order valence-corrected chi connectivity index (χ3v) is 4.79. The minimum Gasteiger partial charge on any atom is -0.299 e. The molecule has 0 spiro atoms. The number of carbonyl (C=O) groups is 1. The highest BCUT2D eigenvalue weighted by Gasteiger charge is 2.44. The minimum atomic E-state index is 0.0997. The van der Waals surface area contributed by atoms with Crippen LogP contribution in [0.25, 0.3) is 0 Å². The Morgan fingerprint density at radius 2 is 2.25 bits per heavy atom. The molecule has 3 atom stereocenters. The van der Waals surface area contributed by atoms with Gasteiger partial charge in [-0.1, -0.05) is 37.6 Å². The molecule has 0 aromatic carbocycles. The van der Waals surface area contributed by atoms with Crippen molar-refractivity contribution < 1.29 is 4.79 Å². The normalized spacial score (nSPS) is 38.9. The first-order valence-electron chi connectivity index (χ1n) is 6.33. The lowest BCUT2D eigenvalue weighted by molar-refractivity contribution is -0.124. The zero-order valence-corrected chi connectivity index (χ0v) is 10.7. The molecule has 1 saturated carbocycles. The molecule has 2 aliphatic carbocycles. The van der Waals surface area contributed by atoms with Gasteiger partial charge in [-0.2, -0.15) is 0 Å². The zero-order valence-electron chi connectivity index (χ0n) is 10.7. The van der Waals surface area contributed by atoms with E-state index in [0.717, 1.165) is 18.4 Å². The van der Waals surface area contributed by atoms with Gasteiger partial charge in [0, 0.05) is 12.3 Å². The van der Waals surface area contributed by atoms with Crippen LogP contribution in [0.3, 0.4) is 0 Å². The summed E-state index contributed by atoms with van der Waals surface area (Å²) in [6.45, 7) is 10.6. The van der Waals surface area contributed by atoms with Crippen LogP contribution < -0.4 is 0 Å². The predicted molar refractivity (Wildman–Crippen MR) is 67.1 cm³/mol. The van der Waals surface area contributed by atoms with Crippen molar-refractivity contribution in [1.29, 1.82) is 0 Å². The Kier molecular flexibility index (Phi) is 2.81. The molecule has 2 aliphatic rings. The standard InChI is InChI=1S/C15H22O/c1-10(2)13-9-15(4)11(3)6-5-7-12(15)8-14(13)16/h7,11,13H,1,5-6,8-9H2,2-4H3. The number of carbonyl (C=O) groups excluding carboxylic acids is 1. The van der Waals surface area contributed by atoms with Crippen LogP contribution in [0.15, 0.2) is 23.8 Å². The van der Waals surface area contributed by atoms with Crippen LogP contribution in [0, 0.1) is 17.3 Å². The van der Waals surface area contributed by atoms with Gasteiger partial charge in [0.25, 0.3) is 0 Å². The number of hydrogen-bond donors (Lipinski definition) is 0. The van der Waals surface area contributed by atoms with E-state index < -0.39 is 0 Å². The molecule has 0 amide bonds. The molecule has 16 heavy (non-hydrogen) atoms. The summed E-state index contributed by atoms with van der Waals surface area (Å²) in [5.74, 6) is 1.18. The number of Topliss-reactive ketones (excluding diaryl/α,β-unsaturated/α-hetero) is 1. The van der Waals surface area contributed by atoms with Gasteiger partial charge in [-0.3, -0.25) is 4.79 Å². The fourth-order valence-corrected chi connectivity index (χ4v) is 3.28. The van der Waals surface area contributed by atoms with Crippen LogP contribution in [0.4, 0.5) is 0 Å². The molecule has 0 heterocycles. The molecule has 2 rings (SSSR count). The van der Waals surface area contributed by atoms with Crippen molar-refractivity contribution in [1.82, 2.24) is 0 Å². The topological polar surface area (TPSA) is 17.1 Å². The van der Waals surface area contributed by atoms with E-state index in [1.54, 1.807) is 0 Å². The SMILES string of the molecule is C=C(C)C1CC2(C)C(=CCCC2C)CC1=O. The average molecular weight is 218 g/mol. The van der Waals surface area contributed by atoms with Gasteiger partial charge in [0.15, 0.2) is 0 Å². The molecule has 1 heteroatoms.